The van der Waals surface area contributed by atoms with Crippen molar-refractivity contribution in [1.82, 2.24) is 9.88 Å². The first-order valence-electron chi connectivity index (χ1n) is 9.60. The van der Waals surface area contributed by atoms with Crippen LogP contribution < -0.4 is 4.90 Å². The molecule has 29 heavy (non-hydrogen) atoms. The Morgan fingerprint density at radius 1 is 0.966 bits per heavy atom. The lowest BCUT2D eigenvalue weighted by Gasteiger charge is -2.36. The first-order valence-corrected chi connectivity index (χ1v) is 9.60. The molecular formula is C23H22FN3O2. The second-order valence-electron chi connectivity index (χ2n) is 7.13. The van der Waals surface area contributed by atoms with E-state index in [2.05, 4.69) is 20.9 Å². The Bertz CT molecular complexity index is 982. The third-order valence-corrected chi connectivity index (χ3v) is 5.25. The fraction of sp³-hybridized carbons (Fsp3) is 0.217. The van der Waals surface area contributed by atoms with Crippen LogP contribution >= 0.6 is 0 Å². The number of carboxylic acid groups (broad SMARTS) is 1. The number of carboxylic acids is 1. The van der Waals surface area contributed by atoms with E-state index in [1.807, 2.05) is 18.2 Å². The lowest BCUT2D eigenvalue weighted by molar-refractivity contribution is 0.0697. The van der Waals surface area contributed by atoms with Gasteiger partial charge < -0.3 is 10.0 Å². The number of benzene rings is 2. The van der Waals surface area contributed by atoms with Gasteiger partial charge in [0.2, 0.25) is 0 Å². The smallest absolute Gasteiger partial charge is 0.335 e. The van der Waals surface area contributed by atoms with Gasteiger partial charge in [-0.3, -0.25) is 9.88 Å². The maximum atomic E-state index is 13.3. The quantitative estimate of drug-likeness (QED) is 0.715. The fourth-order valence-electron chi connectivity index (χ4n) is 3.65. The Hall–Kier alpha value is -3.25. The van der Waals surface area contributed by atoms with E-state index in [4.69, 9.17) is 5.11 Å². The summed E-state index contributed by atoms with van der Waals surface area (Å²) in [7, 11) is 0. The second-order valence-corrected chi connectivity index (χ2v) is 7.13. The highest BCUT2D eigenvalue weighted by Crippen LogP contribution is 2.24. The molecule has 0 radical (unpaired) electrons. The Balaban J connectivity index is 1.41. The fourth-order valence-corrected chi connectivity index (χ4v) is 3.65. The van der Waals surface area contributed by atoms with Crippen molar-refractivity contribution < 1.29 is 14.3 Å². The van der Waals surface area contributed by atoms with Crippen LogP contribution in [0.25, 0.3) is 11.3 Å². The van der Waals surface area contributed by atoms with Crippen LogP contribution in [0, 0.1) is 5.82 Å². The molecule has 1 aliphatic heterocycles. The average Bonchev–Trinajstić information content (AvgIpc) is 2.75. The van der Waals surface area contributed by atoms with Gasteiger partial charge in [-0.1, -0.05) is 6.07 Å². The van der Waals surface area contributed by atoms with E-state index >= 15 is 0 Å². The van der Waals surface area contributed by atoms with E-state index in [1.54, 1.807) is 30.5 Å². The Morgan fingerprint density at radius 3 is 2.31 bits per heavy atom. The Morgan fingerprint density at radius 2 is 1.66 bits per heavy atom. The highest BCUT2D eigenvalue weighted by atomic mass is 19.1. The van der Waals surface area contributed by atoms with Gasteiger partial charge in [0.1, 0.15) is 5.82 Å². The number of halogens is 1. The monoisotopic (exact) mass is 391 g/mol. The van der Waals surface area contributed by atoms with Gasteiger partial charge in [-0.25, -0.2) is 9.18 Å². The second kappa shape index (κ2) is 8.41. The number of pyridine rings is 1. The topological polar surface area (TPSA) is 56.7 Å². The molecule has 1 fully saturated rings. The maximum absolute atomic E-state index is 13.3. The van der Waals surface area contributed by atoms with Crippen LogP contribution in [-0.2, 0) is 6.54 Å². The summed E-state index contributed by atoms with van der Waals surface area (Å²) in [5.41, 5.74) is 4.28. The number of hydrogen-bond donors (Lipinski definition) is 1. The largest absolute Gasteiger partial charge is 0.478 e. The highest BCUT2D eigenvalue weighted by molar-refractivity contribution is 5.88. The van der Waals surface area contributed by atoms with Crippen molar-refractivity contribution in [2.45, 2.75) is 6.54 Å². The minimum absolute atomic E-state index is 0.251. The molecule has 5 nitrogen and oxygen atoms in total. The summed E-state index contributed by atoms with van der Waals surface area (Å²) in [6.45, 7) is 4.33. The zero-order valence-electron chi connectivity index (χ0n) is 16.0. The van der Waals surface area contributed by atoms with E-state index in [0.717, 1.165) is 55.2 Å². The van der Waals surface area contributed by atoms with Crippen molar-refractivity contribution in [1.29, 1.82) is 0 Å². The zero-order chi connectivity index (χ0) is 20.2. The molecule has 148 valence electrons. The molecule has 0 atom stereocenters. The van der Waals surface area contributed by atoms with Gasteiger partial charge in [-0.2, -0.15) is 0 Å². The van der Waals surface area contributed by atoms with Gasteiger partial charge in [0.05, 0.1) is 11.3 Å². The molecule has 2 heterocycles. The molecule has 1 aliphatic rings. The van der Waals surface area contributed by atoms with Crippen molar-refractivity contribution >= 4 is 11.7 Å². The van der Waals surface area contributed by atoms with Gasteiger partial charge in [0.25, 0.3) is 0 Å². The van der Waals surface area contributed by atoms with Crippen LogP contribution in [0.1, 0.15) is 15.9 Å². The van der Waals surface area contributed by atoms with Crippen LogP contribution in [0.4, 0.5) is 10.1 Å². The maximum Gasteiger partial charge on any atom is 0.335 e. The lowest BCUT2D eigenvalue weighted by atomic mass is 10.0. The summed E-state index contributed by atoms with van der Waals surface area (Å²) in [5.74, 6) is -1.16. The van der Waals surface area contributed by atoms with Crippen molar-refractivity contribution in [3.63, 3.8) is 0 Å². The average molecular weight is 391 g/mol. The highest BCUT2D eigenvalue weighted by Gasteiger charge is 2.19. The molecule has 2 aromatic carbocycles. The summed E-state index contributed by atoms with van der Waals surface area (Å²) >= 11 is 0. The molecular weight excluding hydrogens is 369 g/mol. The predicted octanol–water partition coefficient (Wildman–Crippen LogP) is 3.91. The molecule has 1 saturated heterocycles. The first-order chi connectivity index (χ1) is 14.1. The summed E-state index contributed by atoms with van der Waals surface area (Å²) < 4.78 is 13.3. The Labute approximate surface area is 169 Å². The minimum atomic E-state index is -0.908. The van der Waals surface area contributed by atoms with Crippen LogP contribution in [0.3, 0.4) is 0 Å². The third-order valence-electron chi connectivity index (χ3n) is 5.25. The van der Waals surface area contributed by atoms with Crippen LogP contribution in [0.15, 0.2) is 66.9 Å². The summed E-state index contributed by atoms with van der Waals surface area (Å²) in [5, 5.41) is 9.04. The van der Waals surface area contributed by atoms with Crippen LogP contribution in [0.5, 0.6) is 0 Å². The van der Waals surface area contributed by atoms with Crippen molar-refractivity contribution in [3.05, 3.63) is 83.8 Å². The molecule has 0 bridgehead atoms. The van der Waals surface area contributed by atoms with E-state index < -0.39 is 5.97 Å². The van der Waals surface area contributed by atoms with Gasteiger partial charge in [0.15, 0.2) is 0 Å². The van der Waals surface area contributed by atoms with Crippen LogP contribution in [0.2, 0.25) is 0 Å². The number of hydrogen-bond acceptors (Lipinski definition) is 4. The Kier molecular flexibility index (Phi) is 5.53. The molecule has 1 N–H and O–H groups in total. The van der Waals surface area contributed by atoms with E-state index in [1.165, 1.54) is 12.1 Å². The normalized spacial score (nSPS) is 14.7. The van der Waals surface area contributed by atoms with Crippen molar-refractivity contribution in [2.24, 2.45) is 0 Å². The molecule has 1 aromatic heterocycles. The summed E-state index contributed by atoms with van der Waals surface area (Å²) in [6.07, 6.45) is 1.76. The summed E-state index contributed by atoms with van der Waals surface area (Å²) in [6, 6.07) is 17.5. The number of anilines is 1. The molecule has 3 aromatic rings. The van der Waals surface area contributed by atoms with Crippen molar-refractivity contribution in [3.8, 4) is 11.3 Å². The molecule has 0 spiro atoms. The van der Waals surface area contributed by atoms with Gasteiger partial charge in [-0.15, -0.1) is 0 Å². The number of aromatic nitrogens is 1. The van der Waals surface area contributed by atoms with E-state index in [9.17, 15) is 9.18 Å². The van der Waals surface area contributed by atoms with Crippen molar-refractivity contribution in [2.75, 3.05) is 31.1 Å². The van der Waals surface area contributed by atoms with Gasteiger partial charge in [0, 0.05) is 50.2 Å². The molecule has 0 saturated carbocycles. The molecule has 0 aliphatic carbocycles. The number of aromatic carboxylic acids is 1. The SMILES string of the molecule is O=C(O)c1ccc(N2CCN(Cc3cccnc3-c3ccc(F)cc3)CC2)cc1. The number of carbonyl (C=O) groups is 1. The molecule has 0 amide bonds. The van der Waals surface area contributed by atoms with Gasteiger partial charge in [-0.05, 0) is 60.2 Å². The lowest BCUT2D eigenvalue weighted by Crippen LogP contribution is -2.46. The van der Waals surface area contributed by atoms with Crippen LogP contribution in [-0.4, -0.2) is 47.1 Å². The minimum Gasteiger partial charge on any atom is -0.478 e. The first kappa shape index (κ1) is 19.1. The molecule has 4 rings (SSSR count). The predicted molar refractivity (Wildman–Crippen MR) is 111 cm³/mol. The number of nitrogens with zero attached hydrogens (tertiary/aromatic N) is 3. The summed E-state index contributed by atoms with van der Waals surface area (Å²) in [4.78, 5) is 20.2. The number of piperazine rings is 1. The third kappa shape index (κ3) is 4.43. The number of rotatable bonds is 5. The standard InChI is InChI=1S/C23H22FN3O2/c24-20-7-3-17(4-8-20)22-19(2-1-11-25-22)16-26-12-14-27(15-13-26)21-9-5-18(6-10-21)23(28)29/h1-11H,12-16H2,(H,28,29). The molecule has 6 heteroatoms. The van der Waals surface area contributed by atoms with Gasteiger partial charge >= 0.3 is 5.97 Å². The zero-order valence-corrected chi connectivity index (χ0v) is 16.0. The van der Waals surface area contributed by atoms with E-state index in [0.29, 0.717) is 5.56 Å². The molecule has 0 unspecified atom stereocenters. The van der Waals surface area contributed by atoms with E-state index in [-0.39, 0.29) is 5.82 Å².